The van der Waals surface area contributed by atoms with Crippen LogP contribution in [-0.2, 0) is 24.5 Å². The minimum atomic E-state index is -5.92. The quantitative estimate of drug-likeness (QED) is 0.0225. The zero-order valence-corrected chi connectivity index (χ0v) is 32.5. The molecule has 0 spiro atoms. The standard InChI is InChI=1S/C44H40F6O10/c1-28(2)38(51)56-26-8-6-5-7-25-55-34-17-9-30(10-18-34)40(53)59-36-21-13-32(14-22-36)42(43(45,46)47,44(48,49)50)33-15-23-37(24-16-33)60-41(54)31-11-19-35(20-12-31)57-27-58-39(52)29(3)4/h9-24H,1,3,5-8,25-27H2,2,4H3. The zero-order valence-electron chi connectivity index (χ0n) is 32.5. The van der Waals surface area contributed by atoms with Gasteiger partial charge in [0.25, 0.3) is 0 Å². The lowest BCUT2D eigenvalue weighted by Gasteiger charge is -2.38. The molecular formula is C44H40F6O10. The van der Waals surface area contributed by atoms with Gasteiger partial charge < -0.3 is 28.4 Å². The Morgan fingerprint density at radius 1 is 0.483 bits per heavy atom. The van der Waals surface area contributed by atoms with E-state index in [1.165, 1.54) is 55.5 Å². The molecule has 0 heterocycles. The second kappa shape index (κ2) is 20.4. The van der Waals surface area contributed by atoms with Crippen molar-refractivity contribution in [2.45, 2.75) is 57.3 Å². The first-order valence-corrected chi connectivity index (χ1v) is 18.2. The number of unbranched alkanes of at least 4 members (excludes halogenated alkanes) is 3. The van der Waals surface area contributed by atoms with Gasteiger partial charge in [0.15, 0.2) is 0 Å². The summed E-state index contributed by atoms with van der Waals surface area (Å²) in [7, 11) is 0. The van der Waals surface area contributed by atoms with E-state index in [4.69, 9.17) is 28.4 Å². The summed E-state index contributed by atoms with van der Waals surface area (Å²) in [5.41, 5.74) is -6.46. The molecule has 0 aliphatic rings. The van der Waals surface area contributed by atoms with Crippen molar-refractivity contribution in [3.63, 3.8) is 0 Å². The van der Waals surface area contributed by atoms with Crippen molar-refractivity contribution in [2.24, 2.45) is 0 Å². The second-order valence-electron chi connectivity index (χ2n) is 13.3. The van der Waals surface area contributed by atoms with E-state index in [-0.39, 0.29) is 33.9 Å². The Morgan fingerprint density at radius 3 is 1.25 bits per heavy atom. The van der Waals surface area contributed by atoms with Crippen molar-refractivity contribution in [3.8, 4) is 23.0 Å². The summed E-state index contributed by atoms with van der Waals surface area (Å²) in [4.78, 5) is 48.3. The molecule has 0 aliphatic carbocycles. The lowest BCUT2D eigenvalue weighted by molar-refractivity contribution is -0.288. The molecule has 0 saturated carbocycles. The van der Waals surface area contributed by atoms with Crippen molar-refractivity contribution >= 4 is 23.9 Å². The Bertz CT molecular complexity index is 2110. The third-order valence-corrected chi connectivity index (χ3v) is 8.68. The Hall–Kier alpha value is -6.58. The molecule has 0 N–H and O–H groups in total. The van der Waals surface area contributed by atoms with Gasteiger partial charge in [-0.3, -0.25) is 0 Å². The van der Waals surface area contributed by atoms with E-state index in [1.807, 2.05) is 0 Å². The number of hydrogen-bond acceptors (Lipinski definition) is 10. The number of halogens is 6. The molecule has 0 fully saturated rings. The molecule has 0 aliphatic heterocycles. The van der Waals surface area contributed by atoms with Crippen molar-refractivity contribution < 1.29 is 73.9 Å². The summed E-state index contributed by atoms with van der Waals surface area (Å²) >= 11 is 0. The number of esters is 4. The summed E-state index contributed by atoms with van der Waals surface area (Å²) < 4.78 is 120. The first kappa shape index (κ1) is 46.1. The fourth-order valence-electron chi connectivity index (χ4n) is 5.54. The molecule has 318 valence electrons. The van der Waals surface area contributed by atoms with Crippen LogP contribution in [0.25, 0.3) is 0 Å². The molecule has 4 rings (SSSR count). The van der Waals surface area contributed by atoms with Crippen molar-refractivity contribution in [2.75, 3.05) is 20.0 Å². The molecule has 0 unspecified atom stereocenters. The first-order chi connectivity index (χ1) is 28.3. The fraction of sp³-hybridized carbons (Fsp3) is 0.273. The van der Waals surface area contributed by atoms with Crippen LogP contribution >= 0.6 is 0 Å². The molecule has 4 aromatic rings. The number of rotatable bonds is 19. The lowest BCUT2D eigenvalue weighted by atomic mass is 9.73. The predicted octanol–water partition coefficient (Wildman–Crippen LogP) is 10.0. The maximum Gasteiger partial charge on any atom is 0.411 e. The monoisotopic (exact) mass is 842 g/mol. The van der Waals surface area contributed by atoms with Gasteiger partial charge in [0.1, 0.15) is 23.0 Å². The highest BCUT2D eigenvalue weighted by Gasteiger charge is 2.72. The molecule has 0 aromatic heterocycles. The second-order valence-corrected chi connectivity index (χ2v) is 13.3. The maximum absolute atomic E-state index is 14.8. The molecule has 10 nitrogen and oxygen atoms in total. The SMILES string of the molecule is C=C(C)C(=O)OCCCCCCOc1ccc(C(=O)Oc2ccc(C(c3ccc(OC(=O)c4ccc(OCOC(=O)C(=C)C)cc4)cc3)(C(F)(F)F)C(F)(F)F)cc2)cc1. The van der Waals surface area contributed by atoms with E-state index in [9.17, 15) is 45.5 Å². The number of carbonyl (C=O) groups is 4. The van der Waals surface area contributed by atoms with E-state index in [0.717, 1.165) is 37.1 Å². The van der Waals surface area contributed by atoms with Gasteiger partial charge >= 0.3 is 36.2 Å². The highest BCUT2D eigenvalue weighted by atomic mass is 19.4. The van der Waals surface area contributed by atoms with Crippen LogP contribution in [0.1, 0.15) is 71.4 Å². The molecule has 0 amide bonds. The van der Waals surface area contributed by atoms with Crippen LogP contribution in [0.15, 0.2) is 121 Å². The van der Waals surface area contributed by atoms with E-state index >= 15 is 0 Å². The third-order valence-electron chi connectivity index (χ3n) is 8.68. The minimum Gasteiger partial charge on any atom is -0.494 e. The summed E-state index contributed by atoms with van der Waals surface area (Å²) in [6.45, 7) is 10.2. The smallest absolute Gasteiger partial charge is 0.411 e. The summed E-state index contributed by atoms with van der Waals surface area (Å²) in [6.07, 6.45) is -8.80. The number of ether oxygens (including phenoxy) is 6. The van der Waals surface area contributed by atoms with Crippen LogP contribution < -0.4 is 18.9 Å². The predicted molar refractivity (Wildman–Crippen MR) is 205 cm³/mol. The topological polar surface area (TPSA) is 124 Å². The number of benzene rings is 4. The Morgan fingerprint density at radius 2 is 0.850 bits per heavy atom. The van der Waals surface area contributed by atoms with Gasteiger partial charge in [-0.1, -0.05) is 37.4 Å². The normalized spacial score (nSPS) is 11.5. The van der Waals surface area contributed by atoms with Gasteiger partial charge in [-0.15, -0.1) is 0 Å². The van der Waals surface area contributed by atoms with Gasteiger partial charge in [0.05, 0.1) is 24.3 Å². The van der Waals surface area contributed by atoms with Crippen molar-refractivity contribution in [3.05, 3.63) is 144 Å². The first-order valence-electron chi connectivity index (χ1n) is 18.2. The van der Waals surface area contributed by atoms with Crippen LogP contribution in [0.3, 0.4) is 0 Å². The van der Waals surface area contributed by atoms with E-state index in [1.54, 1.807) is 6.92 Å². The average Bonchev–Trinajstić information content (AvgIpc) is 3.19. The zero-order chi connectivity index (χ0) is 44.1. The molecule has 0 atom stereocenters. The summed E-state index contributed by atoms with van der Waals surface area (Å²) in [5, 5.41) is 0. The molecule has 0 radical (unpaired) electrons. The number of hydrogen-bond donors (Lipinski definition) is 0. The lowest BCUT2D eigenvalue weighted by Crippen LogP contribution is -2.54. The molecule has 60 heavy (non-hydrogen) atoms. The highest BCUT2D eigenvalue weighted by molar-refractivity contribution is 5.92. The van der Waals surface area contributed by atoms with Crippen LogP contribution in [0, 0.1) is 0 Å². The molecule has 0 bridgehead atoms. The van der Waals surface area contributed by atoms with Crippen molar-refractivity contribution in [1.82, 2.24) is 0 Å². The van der Waals surface area contributed by atoms with E-state index in [0.29, 0.717) is 61.6 Å². The Labute approximate surface area is 341 Å². The largest absolute Gasteiger partial charge is 0.494 e. The molecular weight excluding hydrogens is 802 g/mol. The van der Waals surface area contributed by atoms with Crippen LogP contribution in [-0.4, -0.2) is 56.2 Å². The maximum atomic E-state index is 14.8. The van der Waals surface area contributed by atoms with Crippen LogP contribution in [0.4, 0.5) is 26.3 Å². The van der Waals surface area contributed by atoms with Gasteiger partial charge in [-0.05, 0) is 123 Å². The highest BCUT2D eigenvalue weighted by Crippen LogP contribution is 2.56. The Kier molecular flexibility index (Phi) is 15.7. The van der Waals surface area contributed by atoms with Crippen LogP contribution in [0.5, 0.6) is 23.0 Å². The molecule has 0 saturated heterocycles. The van der Waals surface area contributed by atoms with Gasteiger partial charge in [-0.2, -0.15) is 26.3 Å². The average molecular weight is 843 g/mol. The molecule has 4 aromatic carbocycles. The molecule has 16 heteroatoms. The summed E-state index contributed by atoms with van der Waals surface area (Å²) in [6, 6.07) is 16.5. The minimum absolute atomic E-state index is 0.0336. The van der Waals surface area contributed by atoms with Crippen molar-refractivity contribution in [1.29, 1.82) is 0 Å². The van der Waals surface area contributed by atoms with Gasteiger partial charge in [0.2, 0.25) is 12.2 Å². The number of alkyl halides is 6. The Balaban J connectivity index is 1.38. The third kappa shape index (κ3) is 12.0. The van der Waals surface area contributed by atoms with Gasteiger partial charge in [-0.25, -0.2) is 19.2 Å². The summed E-state index contributed by atoms with van der Waals surface area (Å²) in [5.74, 6) is -3.00. The van der Waals surface area contributed by atoms with E-state index < -0.39 is 59.6 Å². The van der Waals surface area contributed by atoms with Gasteiger partial charge in [0, 0.05) is 11.1 Å². The number of carbonyl (C=O) groups excluding carboxylic acids is 4. The van der Waals surface area contributed by atoms with Crippen LogP contribution in [0.2, 0.25) is 0 Å². The van der Waals surface area contributed by atoms with E-state index in [2.05, 4.69) is 13.2 Å². The fourth-order valence-corrected chi connectivity index (χ4v) is 5.54.